The molecule has 7 heteroatoms. The van der Waals surface area contributed by atoms with Crippen LogP contribution in [0.3, 0.4) is 0 Å². The van der Waals surface area contributed by atoms with Crippen LogP contribution in [0.4, 0.5) is 18.9 Å². The molecule has 0 saturated carbocycles. The van der Waals surface area contributed by atoms with Gasteiger partial charge in [0.25, 0.3) is 0 Å². The smallest absolute Gasteiger partial charge is 0.398 e. The Morgan fingerprint density at radius 2 is 1.95 bits per heavy atom. The van der Waals surface area contributed by atoms with Gasteiger partial charge in [0.2, 0.25) is 0 Å². The molecule has 0 aliphatic carbocycles. The van der Waals surface area contributed by atoms with Crippen LogP contribution in [0.1, 0.15) is 21.5 Å². The van der Waals surface area contributed by atoms with Gasteiger partial charge in [-0.1, -0.05) is 11.6 Å². The monoisotopic (exact) mass is 300 g/mol. The van der Waals surface area contributed by atoms with Crippen molar-refractivity contribution in [3.05, 3.63) is 58.4 Å². The molecule has 0 atom stereocenters. The molecule has 0 fully saturated rings. The molecule has 2 aromatic rings. The van der Waals surface area contributed by atoms with Crippen LogP contribution in [-0.4, -0.2) is 10.8 Å². The van der Waals surface area contributed by atoms with E-state index in [1.54, 1.807) is 0 Å². The fraction of sp³-hybridized carbons (Fsp3) is 0.0769. The summed E-state index contributed by atoms with van der Waals surface area (Å²) in [7, 11) is 0. The highest BCUT2D eigenvalue weighted by Crippen LogP contribution is 2.32. The summed E-state index contributed by atoms with van der Waals surface area (Å²) in [6.45, 7) is 0. The topological polar surface area (TPSA) is 56.0 Å². The minimum absolute atomic E-state index is 0.0164. The number of nitrogens with two attached hydrogens (primary N) is 1. The molecule has 104 valence electrons. The van der Waals surface area contributed by atoms with E-state index in [2.05, 4.69) is 4.98 Å². The van der Waals surface area contributed by atoms with Crippen molar-refractivity contribution < 1.29 is 18.0 Å². The largest absolute Gasteiger partial charge is 0.417 e. The van der Waals surface area contributed by atoms with Gasteiger partial charge in [0.15, 0.2) is 5.78 Å². The van der Waals surface area contributed by atoms with Crippen molar-refractivity contribution in [2.75, 3.05) is 5.73 Å². The number of benzene rings is 1. The van der Waals surface area contributed by atoms with Crippen molar-refractivity contribution in [2.45, 2.75) is 6.18 Å². The van der Waals surface area contributed by atoms with Gasteiger partial charge in [-0.2, -0.15) is 13.2 Å². The number of rotatable bonds is 2. The van der Waals surface area contributed by atoms with Gasteiger partial charge in [0.1, 0.15) is 0 Å². The molecule has 1 heterocycles. The summed E-state index contributed by atoms with van der Waals surface area (Å²) >= 11 is 5.76. The van der Waals surface area contributed by atoms with Gasteiger partial charge in [0.05, 0.1) is 21.8 Å². The lowest BCUT2D eigenvalue weighted by atomic mass is 10.00. The van der Waals surface area contributed by atoms with Crippen LogP contribution in [0, 0.1) is 0 Å². The molecule has 0 aliphatic heterocycles. The highest BCUT2D eigenvalue weighted by Gasteiger charge is 2.35. The van der Waals surface area contributed by atoms with Crippen molar-refractivity contribution in [2.24, 2.45) is 0 Å². The number of anilines is 1. The van der Waals surface area contributed by atoms with Gasteiger partial charge in [-0.15, -0.1) is 0 Å². The Labute approximate surface area is 117 Å². The molecule has 2 rings (SSSR count). The summed E-state index contributed by atoms with van der Waals surface area (Å²) in [5.74, 6) is -0.813. The van der Waals surface area contributed by atoms with E-state index < -0.39 is 23.1 Å². The summed E-state index contributed by atoms with van der Waals surface area (Å²) in [6, 6.07) is 4.66. The van der Waals surface area contributed by atoms with Gasteiger partial charge in [-0.25, -0.2) is 0 Å². The molecule has 0 amide bonds. The van der Waals surface area contributed by atoms with Gasteiger partial charge >= 0.3 is 6.18 Å². The second kappa shape index (κ2) is 5.13. The number of halogens is 4. The zero-order valence-corrected chi connectivity index (χ0v) is 10.7. The number of hydrogen-bond acceptors (Lipinski definition) is 3. The fourth-order valence-electron chi connectivity index (χ4n) is 1.65. The van der Waals surface area contributed by atoms with Crippen LogP contribution in [0.25, 0.3) is 0 Å². The molecule has 20 heavy (non-hydrogen) atoms. The zero-order valence-electron chi connectivity index (χ0n) is 9.91. The molecule has 0 spiro atoms. The number of hydrogen-bond donors (Lipinski definition) is 1. The first kappa shape index (κ1) is 14.3. The van der Waals surface area contributed by atoms with Gasteiger partial charge < -0.3 is 5.73 Å². The number of pyridine rings is 1. The van der Waals surface area contributed by atoms with Crippen molar-refractivity contribution >= 4 is 23.1 Å². The quantitative estimate of drug-likeness (QED) is 0.681. The number of aromatic nitrogens is 1. The number of carbonyl (C=O) groups excluding carboxylic acids is 1. The molecule has 0 aliphatic rings. The fourth-order valence-corrected chi connectivity index (χ4v) is 1.83. The third-order valence-corrected chi connectivity index (χ3v) is 2.96. The molecule has 2 N–H and O–H groups in total. The molecule has 0 radical (unpaired) electrons. The SMILES string of the molecule is Nc1ccc(C(=O)c2cnccc2C(F)(F)F)cc1Cl. The normalized spacial score (nSPS) is 11.4. The van der Waals surface area contributed by atoms with Crippen molar-refractivity contribution in [1.82, 2.24) is 4.98 Å². The third-order valence-electron chi connectivity index (χ3n) is 2.63. The second-order valence-electron chi connectivity index (χ2n) is 3.98. The van der Waals surface area contributed by atoms with Crippen molar-refractivity contribution in [3.8, 4) is 0 Å². The number of ketones is 1. The molecule has 3 nitrogen and oxygen atoms in total. The van der Waals surface area contributed by atoms with E-state index in [9.17, 15) is 18.0 Å². The Morgan fingerprint density at radius 1 is 1.25 bits per heavy atom. The molecule has 0 bridgehead atoms. The molecule has 1 aromatic heterocycles. The maximum absolute atomic E-state index is 12.8. The van der Waals surface area contributed by atoms with Gasteiger partial charge in [-0.3, -0.25) is 9.78 Å². The van der Waals surface area contributed by atoms with E-state index in [0.717, 1.165) is 18.5 Å². The molecular formula is C13H8ClF3N2O. The van der Waals surface area contributed by atoms with Crippen LogP contribution in [0.15, 0.2) is 36.7 Å². The van der Waals surface area contributed by atoms with Crippen LogP contribution in [0.5, 0.6) is 0 Å². The van der Waals surface area contributed by atoms with Crippen molar-refractivity contribution in [1.29, 1.82) is 0 Å². The summed E-state index contributed by atoms with van der Waals surface area (Å²) in [5, 5.41) is 0.105. The summed E-state index contributed by atoms with van der Waals surface area (Å²) in [6.07, 6.45) is -2.77. The summed E-state index contributed by atoms with van der Waals surface area (Å²) < 4.78 is 38.5. The minimum atomic E-state index is -4.63. The first-order valence-corrected chi connectivity index (χ1v) is 5.79. The van der Waals surface area contributed by atoms with E-state index >= 15 is 0 Å². The maximum atomic E-state index is 12.8. The average Bonchev–Trinajstić information content (AvgIpc) is 2.40. The average molecular weight is 301 g/mol. The predicted molar refractivity (Wildman–Crippen MR) is 68.5 cm³/mol. The summed E-state index contributed by atoms with van der Waals surface area (Å²) in [5.41, 5.74) is 4.19. The summed E-state index contributed by atoms with van der Waals surface area (Å²) in [4.78, 5) is 15.7. The van der Waals surface area contributed by atoms with Crippen LogP contribution >= 0.6 is 11.6 Å². The van der Waals surface area contributed by atoms with E-state index in [0.29, 0.717) is 0 Å². The Bertz CT molecular complexity index is 671. The van der Waals surface area contributed by atoms with Gasteiger partial charge in [0, 0.05) is 18.0 Å². The lowest BCUT2D eigenvalue weighted by molar-refractivity contribution is -0.137. The number of alkyl halides is 3. The Kier molecular flexibility index (Phi) is 3.67. The predicted octanol–water partition coefficient (Wildman–Crippen LogP) is 3.57. The Morgan fingerprint density at radius 3 is 2.55 bits per heavy atom. The van der Waals surface area contributed by atoms with Crippen LogP contribution in [-0.2, 0) is 6.18 Å². The highest BCUT2D eigenvalue weighted by molar-refractivity contribution is 6.33. The Hall–Kier alpha value is -2.08. The van der Waals surface area contributed by atoms with Crippen LogP contribution < -0.4 is 5.73 Å². The van der Waals surface area contributed by atoms with Crippen molar-refractivity contribution in [3.63, 3.8) is 0 Å². The van der Waals surface area contributed by atoms with E-state index in [1.165, 1.54) is 18.2 Å². The number of nitrogens with zero attached hydrogens (tertiary/aromatic N) is 1. The molecule has 0 saturated heterocycles. The lowest BCUT2D eigenvalue weighted by Crippen LogP contribution is -2.14. The lowest BCUT2D eigenvalue weighted by Gasteiger charge is -2.11. The van der Waals surface area contributed by atoms with E-state index in [1.807, 2.05) is 0 Å². The highest BCUT2D eigenvalue weighted by atomic mass is 35.5. The Balaban J connectivity index is 2.51. The zero-order chi connectivity index (χ0) is 14.9. The number of nitrogen functional groups attached to an aromatic ring is 1. The third kappa shape index (κ3) is 2.75. The standard InChI is InChI=1S/C13H8ClF3N2O/c14-10-5-7(1-2-11(10)18)12(20)8-6-19-4-3-9(8)13(15,16)17/h1-6H,18H2. The maximum Gasteiger partial charge on any atom is 0.417 e. The van der Waals surface area contributed by atoms with Crippen LogP contribution in [0.2, 0.25) is 5.02 Å². The van der Waals surface area contributed by atoms with Gasteiger partial charge in [-0.05, 0) is 24.3 Å². The number of carbonyl (C=O) groups is 1. The molecular weight excluding hydrogens is 293 g/mol. The first-order valence-electron chi connectivity index (χ1n) is 5.41. The molecule has 0 unspecified atom stereocenters. The first-order chi connectivity index (χ1) is 9.30. The van der Waals surface area contributed by atoms with E-state index in [4.69, 9.17) is 17.3 Å². The second-order valence-corrected chi connectivity index (χ2v) is 4.39. The minimum Gasteiger partial charge on any atom is -0.398 e. The van der Waals surface area contributed by atoms with E-state index in [-0.39, 0.29) is 16.3 Å². The molecule has 1 aromatic carbocycles.